The molecule has 0 aliphatic carbocycles. The maximum Gasteiger partial charge on any atom is 0.0863 e. The molecule has 12 aromatic carbocycles. The van der Waals surface area contributed by atoms with E-state index in [0.717, 1.165) is 192 Å². The standard InChI is InChI=1S/C108H66S6/c1-13-37-73(38-14-1)97-85-61-62-87-99(75-41-17-3-18-42-75)101(77-45-21-5-22-46-77)89(110-87)65-66-91-103(79-49-25-7-26-50-79)105(81-53-29-9-30-54-81)93(112-91)69-70-95-107(83-57-33-11-34-58-83)108(84-59-35-12-36-60-84)96(114-95)72-71-94-106(82-55-31-10-32-56-82)104(80-51-27-8-28-52-80)92(113-94)68-67-90-102(78-47-23-6-24-48-78)100(76-43-19-4-20-44-76)88(111-90)64-63-86(109-85)98(97)74-39-15-2-16-40-74/h1-62,67-70H/b62-61-,68-67-,70-69-,85-61?,87-62?,90-67?,92-68?,93-69?,95-70?. The van der Waals surface area contributed by atoms with Crippen molar-refractivity contribution in [2.24, 2.45) is 0 Å². The first kappa shape index (κ1) is 71.1. The van der Waals surface area contributed by atoms with E-state index in [2.05, 4.69) is 436 Å². The maximum absolute atomic E-state index is 3.98. The van der Waals surface area contributed by atoms with Gasteiger partial charge in [0.1, 0.15) is 0 Å². The number of fused-ring (bicyclic) bond motifs is 12. The van der Waals surface area contributed by atoms with Gasteiger partial charge in [0.05, 0.1) is 29.3 Å². The largest absolute Gasteiger partial charge is 0.126 e. The molecule has 534 valence electrons. The highest BCUT2D eigenvalue weighted by Crippen LogP contribution is 2.53. The second kappa shape index (κ2) is 32.6. The van der Waals surface area contributed by atoms with Crippen LogP contribution in [0.5, 0.6) is 0 Å². The van der Waals surface area contributed by atoms with E-state index in [1.165, 1.54) is 0 Å². The molecule has 0 atom stereocenters. The van der Waals surface area contributed by atoms with E-state index in [0.29, 0.717) is 0 Å². The first-order chi connectivity index (χ1) is 56.6. The molecule has 18 aromatic rings. The Hall–Kier alpha value is -13.3. The fourth-order valence-electron chi connectivity index (χ4n) is 15.3. The van der Waals surface area contributed by atoms with Gasteiger partial charge in [0, 0.05) is 96.0 Å². The molecule has 0 fully saturated rings. The van der Waals surface area contributed by atoms with E-state index in [-0.39, 0.29) is 0 Å². The van der Waals surface area contributed by atoms with Crippen LogP contribution in [0.3, 0.4) is 0 Å². The smallest absolute Gasteiger partial charge is 0.0863 e. The van der Waals surface area contributed by atoms with Crippen molar-refractivity contribution in [2.75, 3.05) is 0 Å². The zero-order valence-electron chi connectivity index (χ0n) is 61.6. The van der Waals surface area contributed by atoms with Crippen molar-refractivity contribution in [1.29, 1.82) is 0 Å². The molecular weight excluding hydrogens is 1490 g/mol. The van der Waals surface area contributed by atoms with E-state index in [4.69, 9.17) is 0 Å². The van der Waals surface area contributed by atoms with Crippen molar-refractivity contribution >= 4 is 104 Å². The number of hydrogen-bond donors (Lipinski definition) is 0. The summed E-state index contributed by atoms with van der Waals surface area (Å²) in [6.07, 6.45) is 14.1. The van der Waals surface area contributed by atoms with Crippen LogP contribution in [0.4, 0.5) is 0 Å². The molecule has 0 nitrogen and oxygen atoms in total. The third kappa shape index (κ3) is 14.3. The first-order valence-electron chi connectivity index (χ1n) is 37.9. The van der Waals surface area contributed by atoms with Crippen LogP contribution in [0.1, 0.15) is 58.5 Å². The van der Waals surface area contributed by atoms with Crippen LogP contribution in [0.15, 0.2) is 364 Å². The van der Waals surface area contributed by atoms with Gasteiger partial charge in [-0.25, -0.2) is 0 Å². The Balaban J connectivity index is 0.928. The molecule has 12 bridgehead atoms. The van der Waals surface area contributed by atoms with Crippen LogP contribution < -0.4 is 0 Å². The molecule has 0 radical (unpaired) electrons. The average Bonchev–Trinajstić information content (AvgIpc) is 1.62. The molecule has 0 unspecified atom stereocenters. The molecule has 0 amide bonds. The second-order valence-electron chi connectivity index (χ2n) is 27.4. The summed E-state index contributed by atoms with van der Waals surface area (Å²) in [4.78, 5) is 12.5. The minimum Gasteiger partial charge on any atom is -0.126 e. The zero-order chi connectivity index (χ0) is 75.9. The predicted octanol–water partition coefficient (Wildman–Crippen LogP) is 31.1. The number of hydrogen-bond acceptors (Lipinski definition) is 6. The molecule has 7 heterocycles. The SMILES string of the molecule is C1#Cc2sc(c(-c3ccccc3)c2-c2ccccc2)/C=C\c2sc(c(-c3ccccc3)c2-c2ccccc2)C#Cc2sc(c(-c3ccccc3)c2-c2ccccc2)/C=C\c2sc(c(-c3ccccc3)c2-c2ccccc2)C#Cc2sc(c(-c3ccccc3)c2-c2ccccc2)/C=C\c2sc1c(-c1ccccc1)c2-c1ccccc1. The summed E-state index contributed by atoms with van der Waals surface area (Å²) in [6, 6.07) is 130. The predicted molar refractivity (Wildman–Crippen MR) is 496 cm³/mol. The number of thiophene rings is 6. The Kier molecular flexibility index (Phi) is 20.3. The summed E-state index contributed by atoms with van der Waals surface area (Å²) in [7, 11) is 0. The van der Waals surface area contributed by atoms with Crippen LogP contribution >= 0.6 is 68.0 Å². The average molecular weight is 1560 g/mol. The maximum atomic E-state index is 3.98. The summed E-state index contributed by atoms with van der Waals surface area (Å²) in [5.74, 6) is 23.9. The number of rotatable bonds is 12. The monoisotopic (exact) mass is 1550 g/mol. The molecule has 6 heteroatoms. The molecular formula is C108H66S6. The fourth-order valence-corrected chi connectivity index (χ4v) is 22.0. The summed E-state index contributed by atoms with van der Waals surface area (Å²) in [6.45, 7) is 0. The molecule has 0 spiro atoms. The van der Waals surface area contributed by atoms with Crippen LogP contribution in [-0.4, -0.2) is 0 Å². The van der Waals surface area contributed by atoms with Crippen LogP contribution in [0.2, 0.25) is 0 Å². The molecule has 6 aromatic heterocycles. The highest BCUT2D eigenvalue weighted by Gasteiger charge is 2.28. The van der Waals surface area contributed by atoms with Gasteiger partial charge in [-0.1, -0.05) is 364 Å². The molecule has 0 saturated heterocycles. The van der Waals surface area contributed by atoms with Crippen molar-refractivity contribution in [2.45, 2.75) is 0 Å². The number of benzene rings is 12. The Labute approximate surface area is 690 Å². The van der Waals surface area contributed by atoms with Crippen molar-refractivity contribution in [1.82, 2.24) is 0 Å². The normalized spacial score (nSPS) is 12.4. The lowest BCUT2D eigenvalue weighted by Gasteiger charge is -2.09. The Morgan fingerprint density at radius 3 is 0.316 bits per heavy atom. The third-order valence-corrected chi connectivity index (χ3v) is 26.8. The zero-order valence-corrected chi connectivity index (χ0v) is 66.5. The minimum absolute atomic E-state index is 0.976. The fraction of sp³-hybridized carbons (Fsp3) is 0. The van der Waals surface area contributed by atoms with Crippen LogP contribution in [-0.2, 0) is 0 Å². The van der Waals surface area contributed by atoms with Crippen LogP contribution in [0, 0.1) is 35.5 Å². The molecule has 1 aliphatic rings. The lowest BCUT2D eigenvalue weighted by molar-refractivity contribution is 1.61. The highest BCUT2D eigenvalue weighted by atomic mass is 32.1. The Morgan fingerprint density at radius 2 is 0.211 bits per heavy atom. The topological polar surface area (TPSA) is 0 Å². The third-order valence-electron chi connectivity index (χ3n) is 20.4. The molecule has 19 rings (SSSR count). The summed E-state index contributed by atoms with van der Waals surface area (Å²) < 4.78 is 0. The van der Waals surface area contributed by atoms with Crippen molar-refractivity contribution in [3.8, 4) is 169 Å². The molecule has 0 N–H and O–H groups in total. The summed E-state index contributed by atoms with van der Waals surface area (Å²) in [5, 5.41) is 0. The van der Waals surface area contributed by atoms with E-state index < -0.39 is 0 Å². The highest BCUT2D eigenvalue weighted by molar-refractivity contribution is 7.17. The lowest BCUT2D eigenvalue weighted by atomic mass is 9.93. The Morgan fingerprint density at radius 1 is 0.114 bits per heavy atom. The summed E-state index contributed by atoms with van der Waals surface area (Å²) >= 11 is 10.5. The van der Waals surface area contributed by atoms with Gasteiger partial charge < -0.3 is 0 Å². The van der Waals surface area contributed by atoms with Crippen molar-refractivity contribution in [3.63, 3.8) is 0 Å². The van der Waals surface area contributed by atoms with E-state index in [1.54, 1.807) is 68.0 Å². The van der Waals surface area contributed by atoms with E-state index in [9.17, 15) is 0 Å². The van der Waals surface area contributed by atoms with Gasteiger partial charge in [-0.2, -0.15) is 0 Å². The van der Waals surface area contributed by atoms with Crippen molar-refractivity contribution in [3.05, 3.63) is 423 Å². The van der Waals surface area contributed by atoms with Gasteiger partial charge in [0.15, 0.2) is 0 Å². The van der Waals surface area contributed by atoms with Gasteiger partial charge >= 0.3 is 0 Å². The molecule has 1 aliphatic heterocycles. The van der Waals surface area contributed by atoms with Gasteiger partial charge in [-0.05, 0) is 139 Å². The van der Waals surface area contributed by atoms with E-state index >= 15 is 0 Å². The lowest BCUT2D eigenvalue weighted by Crippen LogP contribution is -1.86. The molecule has 0 saturated carbocycles. The van der Waals surface area contributed by atoms with Crippen LogP contribution in [0.25, 0.3) is 170 Å². The van der Waals surface area contributed by atoms with Crippen molar-refractivity contribution < 1.29 is 0 Å². The van der Waals surface area contributed by atoms with Gasteiger partial charge in [0.2, 0.25) is 0 Å². The van der Waals surface area contributed by atoms with E-state index in [1.807, 2.05) is 0 Å². The van der Waals surface area contributed by atoms with Gasteiger partial charge in [0.25, 0.3) is 0 Å². The summed E-state index contributed by atoms with van der Waals surface area (Å²) in [5.41, 5.74) is 26.7. The van der Waals surface area contributed by atoms with Gasteiger partial charge in [-0.3, -0.25) is 0 Å². The quantitative estimate of drug-likeness (QED) is 0.107. The van der Waals surface area contributed by atoms with Gasteiger partial charge in [-0.15, -0.1) is 68.0 Å². The second-order valence-corrected chi connectivity index (χ2v) is 33.7. The molecule has 114 heavy (non-hydrogen) atoms. The minimum atomic E-state index is 0.976. The Bertz CT molecular complexity index is 5740. The first-order valence-corrected chi connectivity index (χ1v) is 42.8.